The molecule has 0 aromatic heterocycles. The van der Waals surface area contributed by atoms with E-state index in [2.05, 4.69) is 0 Å². The molecular formula is C12H19F3N2O3. The summed E-state index contributed by atoms with van der Waals surface area (Å²) in [6, 6.07) is -0.623. The third-order valence-electron chi connectivity index (χ3n) is 3.35. The summed E-state index contributed by atoms with van der Waals surface area (Å²) in [6.07, 6.45) is -3.30. The third-order valence-corrected chi connectivity index (χ3v) is 3.35. The molecule has 0 aromatic carbocycles. The molecule has 1 rings (SSSR count). The molecule has 0 aliphatic carbocycles. The highest BCUT2D eigenvalue weighted by Crippen LogP contribution is 2.23. The SMILES string of the molecule is CCN(CC(F)(F)F)C(=O)N1CCC(CCC(=O)O)C1. The Hall–Kier alpha value is -1.47. The first-order chi connectivity index (χ1) is 9.23. The highest BCUT2D eigenvalue weighted by Gasteiger charge is 2.35. The number of aliphatic carboxylic acids is 1. The Morgan fingerprint density at radius 1 is 1.40 bits per heavy atom. The molecule has 20 heavy (non-hydrogen) atoms. The first-order valence-electron chi connectivity index (χ1n) is 6.55. The van der Waals surface area contributed by atoms with Crippen molar-refractivity contribution in [3.05, 3.63) is 0 Å². The fourth-order valence-corrected chi connectivity index (χ4v) is 2.30. The first-order valence-corrected chi connectivity index (χ1v) is 6.55. The molecule has 0 radical (unpaired) electrons. The van der Waals surface area contributed by atoms with Gasteiger partial charge in [-0.2, -0.15) is 13.2 Å². The normalized spacial score (nSPS) is 19.2. The molecule has 0 spiro atoms. The van der Waals surface area contributed by atoms with Crippen LogP contribution < -0.4 is 0 Å². The van der Waals surface area contributed by atoms with Crippen molar-refractivity contribution in [2.45, 2.75) is 32.4 Å². The van der Waals surface area contributed by atoms with Gasteiger partial charge in [0.1, 0.15) is 6.54 Å². The Kier molecular flexibility index (Phi) is 5.64. The summed E-state index contributed by atoms with van der Waals surface area (Å²) in [5.41, 5.74) is 0. The molecule has 1 aliphatic rings. The standard InChI is InChI=1S/C12H19F3N2O3/c1-2-16(8-12(13,14)15)11(20)17-6-5-9(7-17)3-4-10(18)19/h9H,2-8H2,1H3,(H,18,19). The van der Waals surface area contributed by atoms with E-state index in [1.54, 1.807) is 0 Å². The summed E-state index contributed by atoms with van der Waals surface area (Å²) >= 11 is 0. The number of amides is 2. The van der Waals surface area contributed by atoms with Gasteiger partial charge in [0, 0.05) is 26.1 Å². The number of alkyl halides is 3. The zero-order chi connectivity index (χ0) is 15.3. The molecule has 1 saturated heterocycles. The maximum Gasteiger partial charge on any atom is 0.406 e. The molecule has 2 amide bonds. The minimum Gasteiger partial charge on any atom is -0.481 e. The van der Waals surface area contributed by atoms with E-state index < -0.39 is 24.7 Å². The highest BCUT2D eigenvalue weighted by atomic mass is 19.4. The highest BCUT2D eigenvalue weighted by molar-refractivity contribution is 5.74. The molecule has 8 heteroatoms. The number of carboxylic acid groups (broad SMARTS) is 1. The first kappa shape index (κ1) is 16.6. The fourth-order valence-electron chi connectivity index (χ4n) is 2.30. The number of carboxylic acids is 1. The van der Waals surface area contributed by atoms with Crippen LogP contribution in [0.3, 0.4) is 0 Å². The van der Waals surface area contributed by atoms with Gasteiger partial charge in [0.05, 0.1) is 0 Å². The molecule has 1 atom stereocenters. The van der Waals surface area contributed by atoms with E-state index in [1.165, 1.54) is 11.8 Å². The lowest BCUT2D eigenvalue weighted by Gasteiger charge is -2.27. The zero-order valence-corrected chi connectivity index (χ0v) is 11.3. The molecule has 1 N–H and O–H groups in total. The van der Waals surface area contributed by atoms with Crippen molar-refractivity contribution in [3.63, 3.8) is 0 Å². The second-order valence-electron chi connectivity index (χ2n) is 4.95. The lowest BCUT2D eigenvalue weighted by molar-refractivity contribution is -0.140. The van der Waals surface area contributed by atoms with Crippen LogP contribution in [0.25, 0.3) is 0 Å². The molecule has 116 valence electrons. The summed E-state index contributed by atoms with van der Waals surface area (Å²) in [4.78, 5) is 24.6. The average Bonchev–Trinajstić information content (AvgIpc) is 2.80. The molecule has 0 bridgehead atoms. The third kappa shape index (κ3) is 5.26. The van der Waals surface area contributed by atoms with Crippen LogP contribution in [0.4, 0.5) is 18.0 Å². The van der Waals surface area contributed by atoms with Crippen LogP contribution in [-0.2, 0) is 4.79 Å². The van der Waals surface area contributed by atoms with Gasteiger partial charge in [0.2, 0.25) is 0 Å². The molecule has 1 fully saturated rings. The van der Waals surface area contributed by atoms with Crippen molar-refractivity contribution in [1.82, 2.24) is 9.80 Å². The van der Waals surface area contributed by atoms with Gasteiger partial charge in [-0.15, -0.1) is 0 Å². The molecule has 1 unspecified atom stereocenters. The second-order valence-corrected chi connectivity index (χ2v) is 4.95. The van der Waals surface area contributed by atoms with Crippen LogP contribution in [0.5, 0.6) is 0 Å². The smallest absolute Gasteiger partial charge is 0.406 e. The van der Waals surface area contributed by atoms with Crippen molar-refractivity contribution < 1.29 is 27.9 Å². The lowest BCUT2D eigenvalue weighted by Crippen LogP contribution is -2.46. The summed E-state index contributed by atoms with van der Waals surface area (Å²) in [5.74, 6) is -0.846. The monoisotopic (exact) mass is 296 g/mol. The van der Waals surface area contributed by atoms with Crippen LogP contribution in [0.1, 0.15) is 26.2 Å². The maximum absolute atomic E-state index is 12.3. The number of nitrogens with zero attached hydrogens (tertiary/aromatic N) is 2. The van der Waals surface area contributed by atoms with E-state index in [9.17, 15) is 22.8 Å². The summed E-state index contributed by atoms with van der Waals surface area (Å²) in [5, 5.41) is 8.59. The van der Waals surface area contributed by atoms with Crippen LogP contribution in [-0.4, -0.2) is 59.3 Å². The minimum absolute atomic E-state index is 0.00532. The number of carbonyl (C=O) groups excluding carboxylic acids is 1. The number of halogens is 3. The van der Waals surface area contributed by atoms with Crippen LogP contribution in [0.2, 0.25) is 0 Å². The molecule has 5 nitrogen and oxygen atoms in total. The van der Waals surface area contributed by atoms with Gasteiger partial charge >= 0.3 is 18.2 Å². The Balaban J connectivity index is 2.49. The van der Waals surface area contributed by atoms with E-state index in [1.807, 2.05) is 0 Å². The Labute approximate surface area is 115 Å². The minimum atomic E-state index is -4.41. The lowest BCUT2D eigenvalue weighted by atomic mass is 10.0. The molecule has 1 heterocycles. The van der Waals surface area contributed by atoms with E-state index in [0.29, 0.717) is 25.9 Å². The van der Waals surface area contributed by atoms with Gasteiger partial charge in [-0.05, 0) is 25.7 Å². The van der Waals surface area contributed by atoms with Crippen molar-refractivity contribution in [2.75, 3.05) is 26.2 Å². The summed E-state index contributed by atoms with van der Waals surface area (Å²) in [6.45, 7) is 0.965. The number of urea groups is 1. The van der Waals surface area contributed by atoms with Gasteiger partial charge in [-0.3, -0.25) is 4.79 Å². The number of hydrogen-bond acceptors (Lipinski definition) is 2. The molecular weight excluding hydrogens is 277 g/mol. The Morgan fingerprint density at radius 2 is 2.05 bits per heavy atom. The van der Waals surface area contributed by atoms with Crippen molar-refractivity contribution in [3.8, 4) is 0 Å². The van der Waals surface area contributed by atoms with Gasteiger partial charge in [-0.1, -0.05) is 0 Å². The number of carbonyl (C=O) groups is 2. The zero-order valence-electron chi connectivity index (χ0n) is 11.3. The largest absolute Gasteiger partial charge is 0.481 e. The average molecular weight is 296 g/mol. The molecule has 0 aromatic rings. The van der Waals surface area contributed by atoms with Crippen molar-refractivity contribution in [2.24, 2.45) is 5.92 Å². The Morgan fingerprint density at radius 3 is 2.55 bits per heavy atom. The van der Waals surface area contributed by atoms with E-state index in [0.717, 1.165) is 4.90 Å². The summed E-state index contributed by atoms with van der Waals surface area (Å²) in [7, 11) is 0. The fraction of sp³-hybridized carbons (Fsp3) is 0.833. The second kappa shape index (κ2) is 6.81. The van der Waals surface area contributed by atoms with Crippen molar-refractivity contribution >= 4 is 12.0 Å². The van der Waals surface area contributed by atoms with Gasteiger partial charge in [-0.25, -0.2) is 4.79 Å². The topological polar surface area (TPSA) is 60.9 Å². The quantitative estimate of drug-likeness (QED) is 0.846. The van der Waals surface area contributed by atoms with Gasteiger partial charge in [0.25, 0.3) is 0 Å². The van der Waals surface area contributed by atoms with Crippen LogP contribution in [0, 0.1) is 5.92 Å². The van der Waals surface area contributed by atoms with E-state index in [4.69, 9.17) is 5.11 Å². The van der Waals surface area contributed by atoms with Crippen LogP contribution in [0.15, 0.2) is 0 Å². The molecule has 0 saturated carbocycles. The van der Waals surface area contributed by atoms with Gasteiger partial charge < -0.3 is 14.9 Å². The number of rotatable bonds is 5. The molecule has 1 aliphatic heterocycles. The Bertz CT molecular complexity index is 360. The number of likely N-dealkylation sites (tertiary alicyclic amines) is 1. The maximum atomic E-state index is 12.3. The van der Waals surface area contributed by atoms with E-state index in [-0.39, 0.29) is 18.9 Å². The van der Waals surface area contributed by atoms with E-state index >= 15 is 0 Å². The van der Waals surface area contributed by atoms with Crippen molar-refractivity contribution in [1.29, 1.82) is 0 Å². The van der Waals surface area contributed by atoms with Gasteiger partial charge in [0.15, 0.2) is 0 Å². The van der Waals surface area contributed by atoms with Crippen LogP contribution >= 0.6 is 0 Å². The predicted molar refractivity (Wildman–Crippen MR) is 65.2 cm³/mol. The predicted octanol–water partition coefficient (Wildman–Crippen LogP) is 2.18. The number of hydrogen-bond donors (Lipinski definition) is 1. The summed E-state index contributed by atoms with van der Waals surface area (Å²) < 4.78 is 37.0.